The minimum absolute atomic E-state index is 1.07. The molecule has 0 N–H and O–H groups in total. The summed E-state index contributed by atoms with van der Waals surface area (Å²) >= 11 is 0. The quantitative estimate of drug-likeness (QED) is 0.681. The molecule has 2 heterocycles. The highest BCUT2D eigenvalue weighted by Gasteiger charge is 2.10. The summed E-state index contributed by atoms with van der Waals surface area (Å²) in [5.74, 6) is 0. The predicted molar refractivity (Wildman–Crippen MR) is 70.8 cm³/mol. The van der Waals surface area contributed by atoms with Gasteiger partial charge in [-0.15, -0.1) is 0 Å². The first-order valence-electron chi connectivity index (χ1n) is 6.36. The Bertz CT molecular complexity index is 550. The lowest BCUT2D eigenvalue weighted by molar-refractivity contribution is -0.532. The normalized spacial score (nSPS) is 16.1. The van der Waals surface area contributed by atoms with Gasteiger partial charge in [0.15, 0.2) is 6.21 Å². The van der Waals surface area contributed by atoms with Crippen LogP contribution >= 0.6 is 0 Å². The molecule has 1 aromatic carbocycles. The Morgan fingerprint density at radius 2 is 1.76 bits per heavy atom. The second-order valence-corrected chi connectivity index (χ2v) is 4.65. The zero-order chi connectivity index (χ0) is 11.5. The molecule has 0 amide bonds. The van der Waals surface area contributed by atoms with Gasteiger partial charge in [0, 0.05) is 18.2 Å². The summed E-state index contributed by atoms with van der Waals surface area (Å²) in [6, 6.07) is 12.5. The van der Waals surface area contributed by atoms with Gasteiger partial charge in [-0.1, -0.05) is 24.3 Å². The van der Waals surface area contributed by atoms with Gasteiger partial charge in [-0.2, -0.15) is 0 Å². The van der Waals surface area contributed by atoms with E-state index in [2.05, 4.69) is 46.1 Å². The number of piperidine rings is 1. The number of aromatic nitrogens is 1. The predicted octanol–water partition coefficient (Wildman–Crippen LogP) is 2.85. The molecule has 1 fully saturated rings. The summed E-state index contributed by atoms with van der Waals surface area (Å²) in [5, 5.41) is 1.21. The minimum Gasteiger partial charge on any atom is -0.242 e. The van der Waals surface area contributed by atoms with Gasteiger partial charge in [-0.3, -0.25) is 0 Å². The number of fused-ring (bicyclic) bond motifs is 1. The van der Waals surface area contributed by atoms with Gasteiger partial charge in [-0.05, 0) is 18.6 Å². The molecule has 17 heavy (non-hydrogen) atoms. The topological polar surface area (TPSA) is 15.9 Å². The number of benzene rings is 1. The summed E-state index contributed by atoms with van der Waals surface area (Å²) in [6.07, 6.45) is 6.19. The van der Waals surface area contributed by atoms with Crippen LogP contribution in [0.2, 0.25) is 0 Å². The Balaban J connectivity index is 1.95. The fraction of sp³-hybridized carbons (Fsp3) is 0.333. The van der Waals surface area contributed by atoms with Crippen LogP contribution in [-0.2, 0) is 0 Å². The first-order valence-corrected chi connectivity index (χ1v) is 6.36. The second kappa shape index (κ2) is 4.66. The molecule has 0 bridgehead atoms. The van der Waals surface area contributed by atoms with Crippen molar-refractivity contribution >= 4 is 17.1 Å². The van der Waals surface area contributed by atoms with E-state index in [1.807, 2.05) is 6.07 Å². The van der Waals surface area contributed by atoms with E-state index < -0.39 is 0 Å². The molecule has 2 nitrogen and oxygen atoms in total. The summed E-state index contributed by atoms with van der Waals surface area (Å²) in [7, 11) is 0. The first kappa shape index (κ1) is 10.5. The van der Waals surface area contributed by atoms with Crippen molar-refractivity contribution < 1.29 is 4.58 Å². The van der Waals surface area contributed by atoms with E-state index in [4.69, 9.17) is 0 Å². The molecular weight excluding hydrogens is 208 g/mol. The SMILES string of the molecule is C(c1ccc2ccccc2n1)=[N+]1CCCCC1. The van der Waals surface area contributed by atoms with E-state index in [1.54, 1.807) is 0 Å². The van der Waals surface area contributed by atoms with E-state index in [9.17, 15) is 0 Å². The average molecular weight is 225 g/mol. The summed E-state index contributed by atoms with van der Waals surface area (Å²) in [4.78, 5) is 4.67. The number of rotatable bonds is 1. The van der Waals surface area contributed by atoms with Gasteiger partial charge in [0.05, 0.1) is 5.52 Å². The van der Waals surface area contributed by atoms with Crippen molar-refractivity contribution in [3.63, 3.8) is 0 Å². The Kier molecular flexibility index (Phi) is 2.87. The molecule has 2 aromatic rings. The second-order valence-electron chi connectivity index (χ2n) is 4.65. The monoisotopic (exact) mass is 225 g/mol. The molecule has 86 valence electrons. The molecule has 1 aromatic heterocycles. The van der Waals surface area contributed by atoms with Gasteiger partial charge in [0.25, 0.3) is 0 Å². The van der Waals surface area contributed by atoms with Crippen LogP contribution in [0.4, 0.5) is 0 Å². The zero-order valence-electron chi connectivity index (χ0n) is 9.97. The smallest absolute Gasteiger partial charge is 0.189 e. The van der Waals surface area contributed by atoms with Crippen molar-refractivity contribution in [1.82, 2.24) is 4.98 Å². The lowest BCUT2D eigenvalue weighted by Gasteiger charge is -2.08. The average Bonchev–Trinajstić information content (AvgIpc) is 2.40. The molecule has 0 aliphatic carbocycles. The van der Waals surface area contributed by atoms with Crippen molar-refractivity contribution in [2.24, 2.45) is 0 Å². The minimum atomic E-state index is 1.07. The molecule has 1 saturated heterocycles. The lowest BCUT2D eigenvalue weighted by Crippen LogP contribution is -2.21. The molecule has 2 heteroatoms. The number of nitrogens with zero attached hydrogens (tertiary/aromatic N) is 2. The van der Waals surface area contributed by atoms with Crippen molar-refractivity contribution in [3.05, 3.63) is 42.1 Å². The summed E-state index contributed by atoms with van der Waals surface area (Å²) in [6.45, 7) is 2.35. The Hall–Kier alpha value is -1.70. The Morgan fingerprint density at radius 3 is 2.65 bits per heavy atom. The van der Waals surface area contributed by atoms with Crippen LogP contribution in [0.5, 0.6) is 0 Å². The van der Waals surface area contributed by atoms with Gasteiger partial charge >= 0.3 is 0 Å². The molecule has 1 aliphatic heterocycles. The first-order chi connectivity index (χ1) is 8.42. The maximum absolute atomic E-state index is 4.67. The molecule has 0 atom stereocenters. The van der Waals surface area contributed by atoms with Gasteiger partial charge in [0.1, 0.15) is 18.8 Å². The van der Waals surface area contributed by atoms with E-state index in [-0.39, 0.29) is 0 Å². The third-order valence-corrected chi connectivity index (χ3v) is 3.33. The summed E-state index contributed by atoms with van der Waals surface area (Å²) < 4.78 is 2.39. The molecule has 0 radical (unpaired) electrons. The molecule has 0 spiro atoms. The summed E-state index contributed by atoms with van der Waals surface area (Å²) in [5.41, 5.74) is 2.16. The molecular formula is C15H17N2+. The molecule has 1 aliphatic rings. The fourth-order valence-corrected chi connectivity index (χ4v) is 2.39. The van der Waals surface area contributed by atoms with Gasteiger partial charge in [-0.25, -0.2) is 9.56 Å². The molecule has 0 saturated carbocycles. The molecule has 3 rings (SSSR count). The highest BCUT2D eigenvalue weighted by molar-refractivity contribution is 5.83. The number of hydrogen-bond acceptors (Lipinski definition) is 1. The Labute approximate surface area is 102 Å². The van der Waals surface area contributed by atoms with Crippen molar-refractivity contribution in [1.29, 1.82) is 0 Å². The van der Waals surface area contributed by atoms with E-state index >= 15 is 0 Å². The number of para-hydroxylation sites is 1. The van der Waals surface area contributed by atoms with Crippen LogP contribution in [0, 0.1) is 0 Å². The van der Waals surface area contributed by atoms with Gasteiger partial charge in [0.2, 0.25) is 0 Å². The highest BCUT2D eigenvalue weighted by atomic mass is 15.0. The fourth-order valence-electron chi connectivity index (χ4n) is 2.39. The lowest BCUT2D eigenvalue weighted by atomic mass is 10.1. The van der Waals surface area contributed by atoms with E-state index in [0.29, 0.717) is 0 Å². The van der Waals surface area contributed by atoms with Crippen LogP contribution in [0.15, 0.2) is 36.4 Å². The van der Waals surface area contributed by atoms with Crippen LogP contribution < -0.4 is 0 Å². The van der Waals surface area contributed by atoms with Crippen LogP contribution in [0.3, 0.4) is 0 Å². The largest absolute Gasteiger partial charge is 0.242 e. The van der Waals surface area contributed by atoms with E-state index in [1.165, 1.54) is 37.7 Å². The van der Waals surface area contributed by atoms with Crippen LogP contribution in [0.1, 0.15) is 25.0 Å². The van der Waals surface area contributed by atoms with Crippen molar-refractivity contribution in [2.45, 2.75) is 19.3 Å². The zero-order valence-corrected chi connectivity index (χ0v) is 9.97. The van der Waals surface area contributed by atoms with Crippen LogP contribution in [0.25, 0.3) is 10.9 Å². The standard InChI is InChI=1S/C15H17N2/c1-4-10-17(11-5-1)12-14-9-8-13-6-2-3-7-15(13)16-14/h2-3,6-9,12H,1,4-5,10-11H2/q+1. The van der Waals surface area contributed by atoms with Crippen molar-refractivity contribution in [3.8, 4) is 0 Å². The number of hydrogen-bond donors (Lipinski definition) is 0. The third-order valence-electron chi connectivity index (χ3n) is 3.33. The third kappa shape index (κ3) is 2.36. The van der Waals surface area contributed by atoms with Gasteiger partial charge < -0.3 is 0 Å². The van der Waals surface area contributed by atoms with E-state index in [0.717, 1.165) is 11.2 Å². The maximum Gasteiger partial charge on any atom is 0.189 e. The maximum atomic E-state index is 4.67. The highest BCUT2D eigenvalue weighted by Crippen LogP contribution is 2.11. The molecule has 0 unspecified atom stereocenters. The Morgan fingerprint density at radius 1 is 0.941 bits per heavy atom. The number of pyridine rings is 1. The van der Waals surface area contributed by atoms with Crippen molar-refractivity contribution in [2.75, 3.05) is 13.1 Å². The van der Waals surface area contributed by atoms with Crippen LogP contribution in [-0.4, -0.2) is 28.9 Å².